The number of rotatable bonds is 10. The molecular formula is C23H28O4. The number of hydrogen-bond donors (Lipinski definition) is 0. The minimum Gasteiger partial charge on any atom is -0.493 e. The Kier molecular flexibility index (Phi) is 6.94. The number of benzene rings is 2. The average molecular weight is 368 g/mol. The predicted molar refractivity (Wildman–Crippen MR) is 109 cm³/mol. The molecule has 0 N–H and O–H groups in total. The van der Waals surface area contributed by atoms with Crippen LogP contribution in [0.25, 0.3) is 0 Å². The van der Waals surface area contributed by atoms with Crippen molar-refractivity contribution in [1.29, 1.82) is 0 Å². The van der Waals surface area contributed by atoms with Crippen LogP contribution in [0, 0.1) is 0 Å². The maximum Gasteiger partial charge on any atom is 0.130 e. The largest absolute Gasteiger partial charge is 0.493 e. The Balaban J connectivity index is 2.56. The van der Waals surface area contributed by atoms with Crippen LogP contribution in [0.4, 0.5) is 0 Å². The SMILES string of the molecule is C=COc1ccc(C(C)(C)c2ccc(OC=C)cc2OCC)c(OCC)c1. The van der Waals surface area contributed by atoms with Gasteiger partial charge in [-0.3, -0.25) is 0 Å². The van der Waals surface area contributed by atoms with Crippen molar-refractivity contribution in [2.45, 2.75) is 33.1 Å². The predicted octanol–water partition coefficient (Wildman–Crippen LogP) is 5.85. The van der Waals surface area contributed by atoms with Gasteiger partial charge in [0.1, 0.15) is 23.0 Å². The van der Waals surface area contributed by atoms with Crippen molar-refractivity contribution < 1.29 is 18.9 Å². The van der Waals surface area contributed by atoms with Crippen molar-refractivity contribution >= 4 is 0 Å². The topological polar surface area (TPSA) is 36.9 Å². The molecule has 2 aromatic carbocycles. The first-order valence-electron chi connectivity index (χ1n) is 9.07. The normalized spacial score (nSPS) is 10.8. The standard InChI is InChI=1S/C23H28O4/c1-7-24-17-11-13-19(21(15-17)26-9-3)23(5,6)20-14-12-18(25-8-2)16-22(20)27-10-4/h7-8,11-16H,1-2,9-10H2,3-6H3. The fourth-order valence-corrected chi connectivity index (χ4v) is 3.07. The van der Waals surface area contributed by atoms with Crippen LogP contribution in [0.5, 0.6) is 23.0 Å². The van der Waals surface area contributed by atoms with Crippen LogP contribution >= 0.6 is 0 Å². The molecular weight excluding hydrogens is 340 g/mol. The van der Waals surface area contributed by atoms with E-state index >= 15 is 0 Å². The van der Waals surface area contributed by atoms with E-state index in [1.165, 1.54) is 12.5 Å². The van der Waals surface area contributed by atoms with Gasteiger partial charge in [-0.1, -0.05) is 39.1 Å². The Labute approximate surface area is 162 Å². The van der Waals surface area contributed by atoms with Crippen LogP contribution < -0.4 is 18.9 Å². The lowest BCUT2D eigenvalue weighted by molar-refractivity contribution is 0.320. The lowest BCUT2D eigenvalue weighted by Gasteiger charge is -2.30. The van der Waals surface area contributed by atoms with E-state index in [1.54, 1.807) is 0 Å². The summed E-state index contributed by atoms with van der Waals surface area (Å²) in [4.78, 5) is 0. The van der Waals surface area contributed by atoms with E-state index in [1.807, 2.05) is 50.2 Å². The van der Waals surface area contributed by atoms with Gasteiger partial charge in [-0.05, 0) is 26.0 Å². The summed E-state index contributed by atoms with van der Waals surface area (Å²) in [6, 6.07) is 11.6. The third-order valence-electron chi connectivity index (χ3n) is 4.29. The van der Waals surface area contributed by atoms with E-state index in [-0.39, 0.29) is 5.41 Å². The molecule has 0 aromatic heterocycles. The Bertz CT molecular complexity index is 727. The number of ether oxygens (including phenoxy) is 4. The quantitative estimate of drug-likeness (QED) is 0.493. The summed E-state index contributed by atoms with van der Waals surface area (Å²) < 4.78 is 22.6. The number of hydrogen-bond acceptors (Lipinski definition) is 4. The molecule has 0 fully saturated rings. The molecule has 144 valence electrons. The molecule has 4 heteroatoms. The van der Waals surface area contributed by atoms with Gasteiger partial charge < -0.3 is 18.9 Å². The van der Waals surface area contributed by atoms with Crippen LogP contribution in [0.3, 0.4) is 0 Å². The van der Waals surface area contributed by atoms with Gasteiger partial charge in [0.2, 0.25) is 0 Å². The highest BCUT2D eigenvalue weighted by Gasteiger charge is 2.30. The van der Waals surface area contributed by atoms with E-state index in [0.29, 0.717) is 24.7 Å². The molecule has 0 saturated carbocycles. The van der Waals surface area contributed by atoms with Gasteiger partial charge in [-0.25, -0.2) is 0 Å². The Morgan fingerprint density at radius 1 is 0.778 bits per heavy atom. The third-order valence-corrected chi connectivity index (χ3v) is 4.29. The Morgan fingerprint density at radius 2 is 1.19 bits per heavy atom. The van der Waals surface area contributed by atoms with Crippen molar-refractivity contribution in [3.05, 3.63) is 73.2 Å². The van der Waals surface area contributed by atoms with Gasteiger partial charge >= 0.3 is 0 Å². The van der Waals surface area contributed by atoms with Crippen molar-refractivity contribution in [1.82, 2.24) is 0 Å². The maximum absolute atomic E-state index is 5.90. The molecule has 0 saturated heterocycles. The van der Waals surface area contributed by atoms with Crippen molar-refractivity contribution in [2.24, 2.45) is 0 Å². The zero-order chi connectivity index (χ0) is 19.9. The second-order valence-corrected chi connectivity index (χ2v) is 6.38. The summed E-state index contributed by atoms with van der Waals surface area (Å²) in [7, 11) is 0. The van der Waals surface area contributed by atoms with E-state index in [2.05, 4.69) is 27.0 Å². The summed E-state index contributed by atoms with van der Waals surface area (Å²) in [6.45, 7) is 16.5. The molecule has 2 aromatic rings. The van der Waals surface area contributed by atoms with Crippen molar-refractivity contribution in [2.75, 3.05) is 13.2 Å². The average Bonchev–Trinajstić information content (AvgIpc) is 2.63. The van der Waals surface area contributed by atoms with Crippen LogP contribution in [0.15, 0.2) is 62.1 Å². The molecule has 0 aliphatic rings. The summed E-state index contributed by atoms with van der Waals surface area (Å²) in [5.41, 5.74) is 1.72. The highest BCUT2D eigenvalue weighted by atomic mass is 16.5. The molecule has 2 rings (SSSR count). The second kappa shape index (κ2) is 9.17. The Hall–Kier alpha value is -2.88. The zero-order valence-corrected chi connectivity index (χ0v) is 16.6. The maximum atomic E-state index is 5.90. The molecule has 0 atom stereocenters. The van der Waals surface area contributed by atoms with E-state index in [4.69, 9.17) is 18.9 Å². The van der Waals surface area contributed by atoms with Crippen LogP contribution in [-0.4, -0.2) is 13.2 Å². The van der Waals surface area contributed by atoms with Crippen LogP contribution in [0.2, 0.25) is 0 Å². The van der Waals surface area contributed by atoms with E-state index in [9.17, 15) is 0 Å². The molecule has 0 aliphatic carbocycles. The molecule has 0 spiro atoms. The first-order chi connectivity index (χ1) is 13.0. The molecule has 0 unspecified atom stereocenters. The fourth-order valence-electron chi connectivity index (χ4n) is 3.07. The molecule has 4 nitrogen and oxygen atoms in total. The highest BCUT2D eigenvalue weighted by Crippen LogP contribution is 2.43. The fraction of sp³-hybridized carbons (Fsp3) is 0.304. The first kappa shape index (κ1) is 20.4. The molecule has 0 amide bonds. The third kappa shape index (κ3) is 4.64. The van der Waals surface area contributed by atoms with Gasteiger partial charge in [0.15, 0.2) is 0 Å². The van der Waals surface area contributed by atoms with Crippen molar-refractivity contribution in [3.8, 4) is 23.0 Å². The monoisotopic (exact) mass is 368 g/mol. The van der Waals surface area contributed by atoms with E-state index < -0.39 is 0 Å². The Morgan fingerprint density at radius 3 is 1.52 bits per heavy atom. The minimum atomic E-state index is -0.367. The van der Waals surface area contributed by atoms with E-state index in [0.717, 1.165) is 22.6 Å². The van der Waals surface area contributed by atoms with Gasteiger partial charge in [-0.2, -0.15) is 0 Å². The molecule has 0 heterocycles. The first-order valence-corrected chi connectivity index (χ1v) is 9.07. The lowest BCUT2D eigenvalue weighted by atomic mass is 9.77. The summed E-state index contributed by atoms with van der Waals surface area (Å²) >= 11 is 0. The van der Waals surface area contributed by atoms with Crippen LogP contribution in [0.1, 0.15) is 38.8 Å². The summed E-state index contributed by atoms with van der Waals surface area (Å²) in [6.07, 6.45) is 2.81. The van der Waals surface area contributed by atoms with Gasteiger partial charge in [0.05, 0.1) is 25.7 Å². The molecule has 0 aliphatic heterocycles. The molecule has 0 radical (unpaired) electrons. The van der Waals surface area contributed by atoms with Gasteiger partial charge in [0, 0.05) is 28.7 Å². The van der Waals surface area contributed by atoms with Crippen molar-refractivity contribution in [3.63, 3.8) is 0 Å². The summed E-state index contributed by atoms with van der Waals surface area (Å²) in [5.74, 6) is 2.92. The smallest absolute Gasteiger partial charge is 0.130 e. The lowest BCUT2D eigenvalue weighted by Crippen LogP contribution is -2.21. The molecule has 27 heavy (non-hydrogen) atoms. The van der Waals surface area contributed by atoms with Gasteiger partial charge in [-0.15, -0.1) is 0 Å². The zero-order valence-electron chi connectivity index (χ0n) is 16.6. The minimum absolute atomic E-state index is 0.367. The molecule has 0 bridgehead atoms. The summed E-state index contributed by atoms with van der Waals surface area (Å²) in [5, 5.41) is 0. The van der Waals surface area contributed by atoms with Crippen LogP contribution in [-0.2, 0) is 5.41 Å². The highest BCUT2D eigenvalue weighted by molar-refractivity contribution is 5.54. The van der Waals surface area contributed by atoms with Gasteiger partial charge in [0.25, 0.3) is 0 Å². The second-order valence-electron chi connectivity index (χ2n) is 6.38.